The third-order valence-corrected chi connectivity index (χ3v) is 4.23. The number of hydrazone groups is 1. The molecule has 150 valence electrons. The molecule has 4 rings (SSSR count). The molecule has 1 aliphatic heterocycles. The van der Waals surface area contributed by atoms with E-state index in [4.69, 9.17) is 9.47 Å². The molecule has 1 amide bonds. The van der Waals surface area contributed by atoms with Gasteiger partial charge in [-0.2, -0.15) is 15.3 Å². The summed E-state index contributed by atoms with van der Waals surface area (Å²) in [6, 6.07) is 21.1. The molecule has 0 aromatic heterocycles. The fraction of sp³-hybridized carbons (Fsp3) is 0.0909. The molecule has 0 unspecified atom stereocenters. The molecule has 0 saturated heterocycles. The predicted octanol–water partition coefficient (Wildman–Crippen LogP) is 4.10. The van der Waals surface area contributed by atoms with Crippen LogP contribution in [0.3, 0.4) is 0 Å². The highest BCUT2D eigenvalue weighted by atomic mass is 16.6. The number of nitrogens with one attached hydrogen (secondary N) is 1. The number of aromatic hydroxyl groups is 1. The van der Waals surface area contributed by atoms with Gasteiger partial charge in [-0.25, -0.2) is 5.43 Å². The zero-order valence-electron chi connectivity index (χ0n) is 15.8. The molecule has 3 aromatic rings. The zero-order chi connectivity index (χ0) is 20.8. The van der Waals surface area contributed by atoms with Crippen LogP contribution >= 0.6 is 0 Å². The Labute approximate surface area is 172 Å². The molecular weight excluding hydrogens is 384 g/mol. The quantitative estimate of drug-likeness (QED) is 0.381. The lowest BCUT2D eigenvalue weighted by atomic mass is 10.2. The van der Waals surface area contributed by atoms with Crippen molar-refractivity contribution < 1.29 is 19.4 Å². The highest BCUT2D eigenvalue weighted by Gasteiger charge is 2.26. The van der Waals surface area contributed by atoms with E-state index in [2.05, 4.69) is 20.8 Å². The van der Waals surface area contributed by atoms with E-state index in [9.17, 15) is 9.90 Å². The molecule has 0 spiro atoms. The average molecular weight is 402 g/mol. The number of rotatable bonds is 5. The summed E-state index contributed by atoms with van der Waals surface area (Å²) in [5.74, 6) is 0.636. The Morgan fingerprint density at radius 1 is 0.967 bits per heavy atom. The zero-order valence-corrected chi connectivity index (χ0v) is 15.8. The molecule has 0 aliphatic carbocycles. The van der Waals surface area contributed by atoms with Gasteiger partial charge in [0.1, 0.15) is 12.4 Å². The minimum atomic E-state index is -0.823. The van der Waals surface area contributed by atoms with Crippen LogP contribution in [0, 0.1) is 0 Å². The average Bonchev–Trinajstić information content (AvgIpc) is 2.79. The molecule has 0 bridgehead atoms. The van der Waals surface area contributed by atoms with Gasteiger partial charge in [-0.15, -0.1) is 0 Å². The first-order valence-electron chi connectivity index (χ1n) is 9.20. The topological polar surface area (TPSA) is 105 Å². The number of phenols is 1. The van der Waals surface area contributed by atoms with Crippen molar-refractivity contribution in [1.82, 2.24) is 5.43 Å². The van der Waals surface area contributed by atoms with Gasteiger partial charge in [-0.1, -0.05) is 30.3 Å². The number of benzene rings is 3. The number of fused-ring (bicyclic) bond motifs is 1. The standard InChI is InChI=1S/C22H18N4O4/c27-18-11-10-17(25-24-16-6-2-1-3-7-16)12-15(18)13-23-26-22(28)21-14-29-19-8-4-5-9-20(19)30-21/h1-13,21,27H,14H2,(H,26,28)/b23-13-,25-24?/t21-/m1/s1. The van der Waals surface area contributed by atoms with Gasteiger partial charge in [0.2, 0.25) is 6.10 Å². The summed E-state index contributed by atoms with van der Waals surface area (Å²) in [5.41, 5.74) is 4.02. The molecule has 1 heterocycles. The first-order valence-corrected chi connectivity index (χ1v) is 9.20. The second kappa shape index (κ2) is 8.87. The smallest absolute Gasteiger partial charge is 0.284 e. The molecular formula is C22H18N4O4. The van der Waals surface area contributed by atoms with Gasteiger partial charge < -0.3 is 14.6 Å². The van der Waals surface area contributed by atoms with E-state index in [1.807, 2.05) is 36.4 Å². The van der Waals surface area contributed by atoms with Gasteiger partial charge in [-0.05, 0) is 42.5 Å². The van der Waals surface area contributed by atoms with Crippen LogP contribution in [0.1, 0.15) is 5.56 Å². The van der Waals surface area contributed by atoms with Crippen molar-refractivity contribution in [2.45, 2.75) is 6.10 Å². The Morgan fingerprint density at radius 3 is 2.53 bits per heavy atom. The van der Waals surface area contributed by atoms with Crippen LogP contribution < -0.4 is 14.9 Å². The van der Waals surface area contributed by atoms with E-state index in [0.29, 0.717) is 28.4 Å². The van der Waals surface area contributed by atoms with Crippen LogP contribution in [0.5, 0.6) is 17.2 Å². The molecule has 1 atom stereocenters. The van der Waals surface area contributed by atoms with Crippen molar-refractivity contribution >= 4 is 23.5 Å². The van der Waals surface area contributed by atoms with Crippen molar-refractivity contribution in [3.8, 4) is 17.2 Å². The predicted molar refractivity (Wildman–Crippen MR) is 111 cm³/mol. The summed E-state index contributed by atoms with van der Waals surface area (Å²) in [7, 11) is 0. The fourth-order valence-electron chi connectivity index (χ4n) is 2.70. The number of hydrogen-bond acceptors (Lipinski definition) is 7. The Hall–Kier alpha value is -4.20. The van der Waals surface area contributed by atoms with Gasteiger partial charge in [0.05, 0.1) is 17.6 Å². The largest absolute Gasteiger partial charge is 0.507 e. The number of amides is 1. The van der Waals surface area contributed by atoms with Crippen LogP contribution in [0.2, 0.25) is 0 Å². The number of para-hydroxylation sites is 2. The molecule has 2 N–H and O–H groups in total. The summed E-state index contributed by atoms with van der Waals surface area (Å²) in [6.07, 6.45) is 0.503. The minimum absolute atomic E-state index is 0.00200. The van der Waals surface area contributed by atoms with Gasteiger partial charge in [0.25, 0.3) is 5.91 Å². The van der Waals surface area contributed by atoms with Gasteiger partial charge in [0, 0.05) is 5.56 Å². The van der Waals surface area contributed by atoms with E-state index < -0.39 is 12.0 Å². The molecule has 30 heavy (non-hydrogen) atoms. The number of azo groups is 1. The van der Waals surface area contributed by atoms with E-state index in [-0.39, 0.29) is 12.4 Å². The number of ether oxygens (including phenoxy) is 2. The summed E-state index contributed by atoms with van der Waals surface area (Å²) in [6.45, 7) is 0.0823. The first kappa shape index (κ1) is 19.1. The lowest BCUT2D eigenvalue weighted by molar-refractivity contribution is -0.130. The number of carbonyl (C=O) groups excluding carboxylic acids is 1. The fourth-order valence-corrected chi connectivity index (χ4v) is 2.70. The van der Waals surface area contributed by atoms with Crippen LogP contribution in [0.25, 0.3) is 0 Å². The van der Waals surface area contributed by atoms with E-state index in [1.165, 1.54) is 12.3 Å². The number of carbonyl (C=O) groups is 1. The molecule has 8 nitrogen and oxygen atoms in total. The van der Waals surface area contributed by atoms with Gasteiger partial charge >= 0.3 is 0 Å². The number of nitrogens with zero attached hydrogens (tertiary/aromatic N) is 3. The van der Waals surface area contributed by atoms with Crippen LogP contribution in [0.15, 0.2) is 88.1 Å². The van der Waals surface area contributed by atoms with Crippen molar-refractivity contribution in [3.05, 3.63) is 78.4 Å². The van der Waals surface area contributed by atoms with Gasteiger partial charge in [-0.3, -0.25) is 4.79 Å². The van der Waals surface area contributed by atoms with E-state index >= 15 is 0 Å². The van der Waals surface area contributed by atoms with Gasteiger partial charge in [0.15, 0.2) is 11.5 Å². The van der Waals surface area contributed by atoms with Crippen LogP contribution in [-0.4, -0.2) is 29.9 Å². The lowest BCUT2D eigenvalue weighted by Gasteiger charge is -2.24. The SMILES string of the molecule is O=C(N/N=C\c1cc(N=Nc2ccccc2)ccc1O)[C@H]1COc2ccccc2O1. The Bertz CT molecular complexity index is 1100. The molecule has 0 fully saturated rings. The summed E-state index contributed by atoms with van der Waals surface area (Å²) < 4.78 is 11.1. The first-order chi connectivity index (χ1) is 14.7. The Balaban J connectivity index is 1.39. The maximum atomic E-state index is 12.3. The Morgan fingerprint density at radius 2 is 1.70 bits per heavy atom. The van der Waals surface area contributed by atoms with Crippen molar-refractivity contribution in [1.29, 1.82) is 0 Å². The van der Waals surface area contributed by atoms with E-state index in [0.717, 1.165) is 0 Å². The minimum Gasteiger partial charge on any atom is -0.507 e. The van der Waals surface area contributed by atoms with E-state index in [1.54, 1.807) is 30.3 Å². The molecule has 0 saturated carbocycles. The Kier molecular flexibility index (Phi) is 5.66. The second-order valence-corrected chi connectivity index (χ2v) is 6.38. The molecule has 3 aromatic carbocycles. The molecule has 0 radical (unpaired) electrons. The third-order valence-electron chi connectivity index (χ3n) is 4.23. The van der Waals surface area contributed by atoms with Crippen molar-refractivity contribution in [2.75, 3.05) is 6.61 Å². The monoisotopic (exact) mass is 402 g/mol. The highest BCUT2D eigenvalue weighted by Crippen LogP contribution is 2.30. The molecule has 1 aliphatic rings. The highest BCUT2D eigenvalue weighted by molar-refractivity contribution is 5.87. The van der Waals surface area contributed by atoms with Crippen LogP contribution in [-0.2, 0) is 4.79 Å². The van der Waals surface area contributed by atoms with Crippen molar-refractivity contribution in [2.24, 2.45) is 15.3 Å². The van der Waals surface area contributed by atoms with Crippen LogP contribution in [0.4, 0.5) is 11.4 Å². The maximum absolute atomic E-state index is 12.3. The number of hydrogen-bond donors (Lipinski definition) is 2. The summed E-state index contributed by atoms with van der Waals surface area (Å²) in [5, 5.41) is 22.2. The normalized spacial score (nSPS) is 15.4. The third kappa shape index (κ3) is 4.61. The summed E-state index contributed by atoms with van der Waals surface area (Å²) >= 11 is 0. The van der Waals surface area contributed by atoms with Crippen molar-refractivity contribution in [3.63, 3.8) is 0 Å². The molecule has 8 heteroatoms. The summed E-state index contributed by atoms with van der Waals surface area (Å²) in [4.78, 5) is 12.3. The maximum Gasteiger partial charge on any atom is 0.284 e. The lowest BCUT2D eigenvalue weighted by Crippen LogP contribution is -2.42. The second-order valence-electron chi connectivity index (χ2n) is 6.38. The number of phenolic OH excluding ortho intramolecular Hbond substituents is 1.